The molecule has 1 saturated heterocycles. The number of benzene rings is 1. The minimum atomic E-state index is -0.817. The monoisotopic (exact) mass is 239 g/mol. The first-order chi connectivity index (χ1) is 7.72. The van der Waals surface area contributed by atoms with Crippen molar-refractivity contribution in [3.63, 3.8) is 0 Å². The number of carbonyl (C=O) groups is 1. The van der Waals surface area contributed by atoms with Crippen LogP contribution in [-0.4, -0.2) is 29.3 Å². The van der Waals surface area contributed by atoms with Crippen molar-refractivity contribution in [1.82, 2.24) is 5.32 Å². The Kier molecular flexibility index (Phi) is 3.36. The van der Waals surface area contributed by atoms with Gasteiger partial charge in [-0.1, -0.05) is 18.2 Å². The molecule has 1 aromatic carbocycles. The van der Waals surface area contributed by atoms with Crippen LogP contribution in [0.1, 0.15) is 11.6 Å². The predicted octanol–water partition coefficient (Wildman–Crippen LogP) is 1.48. The summed E-state index contributed by atoms with van der Waals surface area (Å²) in [6.45, 7) is 0. The van der Waals surface area contributed by atoms with E-state index in [1.54, 1.807) is 7.11 Å². The lowest BCUT2D eigenvalue weighted by Gasteiger charge is -2.14. The van der Waals surface area contributed by atoms with E-state index in [9.17, 15) is 4.79 Å². The maximum absolute atomic E-state index is 10.8. The zero-order valence-electron chi connectivity index (χ0n) is 8.84. The van der Waals surface area contributed by atoms with Gasteiger partial charge in [0.2, 0.25) is 0 Å². The summed E-state index contributed by atoms with van der Waals surface area (Å²) in [5.41, 5.74) is 1.02. The number of hydrogen-bond acceptors (Lipinski definition) is 4. The molecule has 0 amide bonds. The highest BCUT2D eigenvalue weighted by Crippen LogP contribution is 2.33. The minimum absolute atomic E-state index is 0.0437. The van der Waals surface area contributed by atoms with Crippen LogP contribution in [0.15, 0.2) is 24.3 Å². The zero-order valence-corrected chi connectivity index (χ0v) is 9.66. The first kappa shape index (κ1) is 11.3. The molecule has 86 valence electrons. The molecule has 0 bridgehead atoms. The molecule has 16 heavy (non-hydrogen) atoms. The zero-order chi connectivity index (χ0) is 11.5. The Morgan fingerprint density at radius 3 is 2.94 bits per heavy atom. The van der Waals surface area contributed by atoms with Crippen LogP contribution in [0.3, 0.4) is 0 Å². The van der Waals surface area contributed by atoms with E-state index in [-0.39, 0.29) is 6.04 Å². The fourth-order valence-corrected chi connectivity index (χ4v) is 2.81. The summed E-state index contributed by atoms with van der Waals surface area (Å²) in [5, 5.41) is 11.4. The molecule has 1 fully saturated rings. The molecule has 1 aliphatic rings. The molecule has 0 saturated carbocycles. The summed E-state index contributed by atoms with van der Waals surface area (Å²) in [6.07, 6.45) is 0. The molecule has 5 heteroatoms. The molecule has 2 atom stereocenters. The summed E-state index contributed by atoms with van der Waals surface area (Å²) in [4.78, 5) is 10.8. The van der Waals surface area contributed by atoms with Crippen molar-refractivity contribution in [3.8, 4) is 5.75 Å². The quantitative estimate of drug-likeness (QED) is 0.836. The summed E-state index contributed by atoms with van der Waals surface area (Å²) >= 11 is 1.41. The van der Waals surface area contributed by atoms with Crippen LogP contribution in [0.5, 0.6) is 5.75 Å². The summed E-state index contributed by atoms with van der Waals surface area (Å²) < 4.78 is 5.26. The second-order valence-electron chi connectivity index (χ2n) is 3.51. The molecular formula is C11H13NO3S. The molecular weight excluding hydrogens is 226 g/mol. The van der Waals surface area contributed by atoms with Crippen molar-refractivity contribution in [2.45, 2.75) is 11.4 Å². The standard InChI is InChI=1S/C11H13NO3S/c1-15-9-5-3-2-4-7(9)8-6-16-10(12-8)11(13)14/h2-5,8,10,12H,6H2,1H3,(H,13,14)/t8-,10+/m1/s1. The first-order valence-electron chi connectivity index (χ1n) is 4.95. The molecule has 0 aromatic heterocycles. The number of methoxy groups -OCH3 is 1. The van der Waals surface area contributed by atoms with Gasteiger partial charge in [0, 0.05) is 17.4 Å². The van der Waals surface area contributed by atoms with Gasteiger partial charge in [0.1, 0.15) is 5.75 Å². The van der Waals surface area contributed by atoms with Gasteiger partial charge in [-0.05, 0) is 6.07 Å². The second kappa shape index (κ2) is 4.76. The second-order valence-corrected chi connectivity index (χ2v) is 4.65. The van der Waals surface area contributed by atoms with Crippen LogP contribution >= 0.6 is 11.8 Å². The van der Waals surface area contributed by atoms with E-state index in [1.165, 1.54) is 11.8 Å². The average Bonchev–Trinajstić information content (AvgIpc) is 2.78. The van der Waals surface area contributed by atoms with Gasteiger partial charge in [-0.2, -0.15) is 0 Å². The molecule has 2 N–H and O–H groups in total. The van der Waals surface area contributed by atoms with Crippen LogP contribution in [0.4, 0.5) is 0 Å². The summed E-state index contributed by atoms with van der Waals surface area (Å²) in [7, 11) is 1.62. The molecule has 1 aromatic rings. The van der Waals surface area contributed by atoms with Crippen LogP contribution in [0, 0.1) is 0 Å². The highest BCUT2D eigenvalue weighted by molar-refractivity contribution is 8.00. The predicted molar refractivity (Wildman–Crippen MR) is 62.8 cm³/mol. The molecule has 0 radical (unpaired) electrons. The Morgan fingerprint density at radius 1 is 1.56 bits per heavy atom. The maximum atomic E-state index is 10.8. The van der Waals surface area contributed by atoms with E-state index < -0.39 is 11.3 Å². The van der Waals surface area contributed by atoms with Gasteiger partial charge in [-0.25, -0.2) is 4.79 Å². The van der Waals surface area contributed by atoms with Crippen molar-refractivity contribution in [2.75, 3.05) is 12.9 Å². The van der Waals surface area contributed by atoms with Crippen molar-refractivity contribution in [3.05, 3.63) is 29.8 Å². The number of carboxylic acids is 1. The first-order valence-corrected chi connectivity index (χ1v) is 6.00. The maximum Gasteiger partial charge on any atom is 0.331 e. The van der Waals surface area contributed by atoms with Gasteiger partial charge in [-0.3, -0.25) is 5.32 Å². The summed E-state index contributed by atoms with van der Waals surface area (Å²) in [6, 6.07) is 7.72. The molecule has 1 aliphatic heterocycles. The van der Waals surface area contributed by atoms with Gasteiger partial charge >= 0.3 is 5.97 Å². The largest absolute Gasteiger partial charge is 0.496 e. The Labute approximate surface area is 98.0 Å². The third-order valence-electron chi connectivity index (χ3n) is 2.52. The average molecular weight is 239 g/mol. The van der Waals surface area contributed by atoms with Crippen LogP contribution < -0.4 is 10.1 Å². The van der Waals surface area contributed by atoms with E-state index >= 15 is 0 Å². The Hall–Kier alpha value is -1.20. The lowest BCUT2D eigenvalue weighted by Crippen LogP contribution is -2.30. The lowest BCUT2D eigenvalue weighted by molar-refractivity contribution is -0.137. The molecule has 0 aliphatic carbocycles. The fraction of sp³-hybridized carbons (Fsp3) is 0.364. The molecule has 1 heterocycles. The Morgan fingerprint density at radius 2 is 2.31 bits per heavy atom. The fourth-order valence-electron chi connectivity index (χ4n) is 1.75. The van der Waals surface area contributed by atoms with E-state index in [0.29, 0.717) is 0 Å². The Bertz CT molecular complexity index is 397. The van der Waals surface area contributed by atoms with Crippen LogP contribution in [-0.2, 0) is 4.79 Å². The van der Waals surface area contributed by atoms with E-state index in [4.69, 9.17) is 9.84 Å². The van der Waals surface area contributed by atoms with Gasteiger partial charge in [-0.15, -0.1) is 11.8 Å². The van der Waals surface area contributed by atoms with Crippen LogP contribution in [0.25, 0.3) is 0 Å². The number of ether oxygens (including phenoxy) is 1. The highest BCUT2D eigenvalue weighted by atomic mass is 32.2. The topological polar surface area (TPSA) is 58.6 Å². The number of hydrogen-bond donors (Lipinski definition) is 2. The number of aliphatic carboxylic acids is 1. The summed E-state index contributed by atoms with van der Waals surface area (Å²) in [5.74, 6) is 0.728. The van der Waals surface area contributed by atoms with Crippen molar-refractivity contribution >= 4 is 17.7 Å². The number of rotatable bonds is 3. The van der Waals surface area contributed by atoms with Gasteiger partial charge in [0.25, 0.3) is 0 Å². The van der Waals surface area contributed by atoms with Gasteiger partial charge in [0.05, 0.1) is 7.11 Å². The molecule has 0 unspecified atom stereocenters. The lowest BCUT2D eigenvalue weighted by atomic mass is 10.1. The normalized spacial score (nSPS) is 24.3. The van der Waals surface area contributed by atoms with Gasteiger partial charge < -0.3 is 9.84 Å². The van der Waals surface area contributed by atoms with Crippen molar-refractivity contribution in [2.24, 2.45) is 0 Å². The SMILES string of the molecule is COc1ccccc1[C@H]1CS[C@@H](C(=O)O)N1. The van der Waals surface area contributed by atoms with Gasteiger partial charge in [0.15, 0.2) is 5.37 Å². The number of nitrogens with one attached hydrogen (secondary N) is 1. The minimum Gasteiger partial charge on any atom is -0.496 e. The third-order valence-corrected chi connectivity index (χ3v) is 3.72. The van der Waals surface area contributed by atoms with Crippen molar-refractivity contribution in [1.29, 1.82) is 0 Å². The van der Waals surface area contributed by atoms with Crippen molar-refractivity contribution < 1.29 is 14.6 Å². The number of thioether (sulfide) groups is 1. The molecule has 4 nitrogen and oxygen atoms in total. The number of carboxylic acid groups (broad SMARTS) is 1. The smallest absolute Gasteiger partial charge is 0.331 e. The highest BCUT2D eigenvalue weighted by Gasteiger charge is 2.31. The molecule has 0 spiro atoms. The molecule has 2 rings (SSSR count). The van der Waals surface area contributed by atoms with E-state index in [2.05, 4.69) is 5.32 Å². The van der Waals surface area contributed by atoms with Crippen LogP contribution in [0.2, 0.25) is 0 Å². The number of para-hydroxylation sites is 1. The third kappa shape index (κ3) is 2.15. The van der Waals surface area contributed by atoms with E-state index in [0.717, 1.165) is 17.1 Å². The Balaban J connectivity index is 2.17. The van der Waals surface area contributed by atoms with E-state index in [1.807, 2.05) is 24.3 Å².